The molecule has 2 saturated heterocycles. The van der Waals surface area contributed by atoms with Gasteiger partial charge < -0.3 is 24.0 Å². The Morgan fingerprint density at radius 1 is 1.07 bits per heavy atom. The van der Waals surface area contributed by atoms with Crippen LogP contribution in [-0.4, -0.2) is 143 Å². The second-order valence-corrected chi connectivity index (χ2v) is 12.7. The largest absolute Gasteiger partial charge is 0.497 e. The van der Waals surface area contributed by atoms with Crippen LogP contribution in [0.25, 0.3) is 10.9 Å². The van der Waals surface area contributed by atoms with Gasteiger partial charge in [-0.2, -0.15) is 0 Å². The Labute approximate surface area is 257 Å². The SMILES string of the molecule is CCN1CCOCC1.COc1ccc2c(CCN(C)C)cn(SOCC(C)(C)C(=O)OCCN3CCN(C)CC3)c2c1. The molecule has 0 amide bonds. The van der Waals surface area contributed by atoms with Gasteiger partial charge in [0.05, 0.1) is 37.9 Å². The van der Waals surface area contributed by atoms with E-state index >= 15 is 0 Å². The van der Waals surface area contributed by atoms with E-state index in [2.05, 4.69) is 59.9 Å². The van der Waals surface area contributed by atoms with Gasteiger partial charge >= 0.3 is 5.97 Å². The number of carbonyl (C=O) groups excluding carboxylic acids is 1. The van der Waals surface area contributed by atoms with E-state index in [-0.39, 0.29) is 12.6 Å². The van der Waals surface area contributed by atoms with E-state index in [9.17, 15) is 4.79 Å². The number of morpholine rings is 1. The van der Waals surface area contributed by atoms with Gasteiger partial charge in [0.15, 0.2) is 0 Å². The number of likely N-dealkylation sites (N-methyl/N-ethyl adjacent to an activating group) is 3. The van der Waals surface area contributed by atoms with Gasteiger partial charge in [-0.05, 0) is 65.7 Å². The molecule has 11 heteroatoms. The van der Waals surface area contributed by atoms with Crippen molar-refractivity contribution in [3.05, 3.63) is 30.0 Å². The van der Waals surface area contributed by atoms with Crippen LogP contribution >= 0.6 is 12.2 Å². The highest BCUT2D eigenvalue weighted by Crippen LogP contribution is 2.31. The Bertz CT molecular complexity index is 1080. The molecule has 0 atom stereocenters. The number of methoxy groups -OCH3 is 1. The summed E-state index contributed by atoms with van der Waals surface area (Å²) < 4.78 is 24.1. The molecule has 238 valence electrons. The maximum atomic E-state index is 12.7. The van der Waals surface area contributed by atoms with E-state index in [1.807, 2.05) is 30.0 Å². The molecule has 2 aliphatic heterocycles. The van der Waals surface area contributed by atoms with Crippen LogP contribution in [0.4, 0.5) is 0 Å². The predicted molar refractivity (Wildman–Crippen MR) is 171 cm³/mol. The normalized spacial score (nSPS) is 17.3. The van der Waals surface area contributed by atoms with Crippen molar-refractivity contribution >= 4 is 29.1 Å². The predicted octanol–water partition coefficient (Wildman–Crippen LogP) is 3.34. The molecule has 0 radical (unpaired) electrons. The first-order chi connectivity index (χ1) is 20.1. The average Bonchev–Trinajstić information content (AvgIpc) is 3.34. The molecule has 1 aromatic carbocycles. The zero-order chi connectivity index (χ0) is 30.5. The molecule has 42 heavy (non-hydrogen) atoms. The number of piperazine rings is 1. The van der Waals surface area contributed by atoms with Gasteiger partial charge in [-0.15, -0.1) is 0 Å². The molecular weight excluding hydrogens is 554 g/mol. The second kappa shape index (κ2) is 17.4. The maximum Gasteiger partial charge on any atom is 0.313 e. The summed E-state index contributed by atoms with van der Waals surface area (Å²) in [5.74, 6) is 0.573. The van der Waals surface area contributed by atoms with Gasteiger partial charge in [-0.3, -0.25) is 22.7 Å². The molecule has 0 aliphatic carbocycles. The molecule has 1 aromatic heterocycles. The molecule has 0 spiro atoms. The van der Waals surface area contributed by atoms with E-state index in [1.54, 1.807) is 7.11 Å². The smallest absolute Gasteiger partial charge is 0.313 e. The fourth-order valence-corrected chi connectivity index (χ4v) is 5.58. The summed E-state index contributed by atoms with van der Waals surface area (Å²) in [6.45, 7) is 17.7. The number of hydrogen-bond donors (Lipinski definition) is 0. The Kier molecular flexibility index (Phi) is 14.4. The summed E-state index contributed by atoms with van der Waals surface area (Å²) in [6, 6.07) is 6.10. The highest BCUT2D eigenvalue weighted by Gasteiger charge is 2.30. The van der Waals surface area contributed by atoms with Crippen LogP contribution in [0.2, 0.25) is 0 Å². The Morgan fingerprint density at radius 3 is 2.40 bits per heavy atom. The molecule has 10 nitrogen and oxygen atoms in total. The van der Waals surface area contributed by atoms with Gasteiger partial charge in [0, 0.05) is 70.0 Å². The summed E-state index contributed by atoms with van der Waals surface area (Å²) in [7, 11) is 7.96. The minimum atomic E-state index is -0.733. The van der Waals surface area contributed by atoms with Gasteiger partial charge in [0.25, 0.3) is 0 Å². The lowest BCUT2D eigenvalue weighted by Gasteiger charge is -2.32. The Balaban J connectivity index is 0.000000521. The standard InChI is InChI=1S/C25H40N4O4S.C6H13NO/c1-25(2,24(30)32-16-15-28-13-11-27(5)12-14-28)19-33-34-29-18-20(9-10-26(3)4)22-8-7-21(31-6)17-23(22)29;1-2-7-3-5-8-6-4-7/h7-8,17-18H,9-16,19H2,1-6H3;2-6H2,1H3. The Hall–Kier alpha value is -1.86. The summed E-state index contributed by atoms with van der Waals surface area (Å²) >= 11 is 1.24. The van der Waals surface area contributed by atoms with Crippen LogP contribution in [0.1, 0.15) is 26.3 Å². The van der Waals surface area contributed by atoms with E-state index in [1.165, 1.54) is 29.7 Å². The summed E-state index contributed by atoms with van der Waals surface area (Å²) in [6.07, 6.45) is 3.05. The zero-order valence-corrected chi connectivity index (χ0v) is 27.7. The van der Waals surface area contributed by atoms with Crippen molar-refractivity contribution < 1.29 is 23.2 Å². The molecule has 0 N–H and O–H groups in total. The van der Waals surface area contributed by atoms with Crippen molar-refractivity contribution in [3.8, 4) is 5.75 Å². The van der Waals surface area contributed by atoms with Gasteiger partial charge in [-0.25, -0.2) is 0 Å². The molecule has 2 aliphatic rings. The summed E-state index contributed by atoms with van der Waals surface area (Å²) in [5, 5.41) is 1.18. The van der Waals surface area contributed by atoms with Gasteiger partial charge in [0.2, 0.25) is 0 Å². The lowest BCUT2D eigenvalue weighted by atomic mass is 9.95. The van der Waals surface area contributed by atoms with Gasteiger partial charge in [-0.1, -0.05) is 6.92 Å². The molecule has 0 unspecified atom stereocenters. The number of esters is 1. The minimum absolute atomic E-state index is 0.229. The third-order valence-corrected chi connectivity index (χ3v) is 8.47. The quantitative estimate of drug-likeness (QED) is 0.250. The van der Waals surface area contributed by atoms with Crippen molar-refractivity contribution in [2.45, 2.75) is 27.2 Å². The number of carbonyl (C=O) groups is 1. The van der Waals surface area contributed by atoms with Crippen molar-refractivity contribution in [2.24, 2.45) is 5.41 Å². The molecule has 2 aromatic rings. The maximum absolute atomic E-state index is 12.7. The van der Waals surface area contributed by atoms with Crippen LogP contribution in [0.5, 0.6) is 5.75 Å². The van der Waals surface area contributed by atoms with Crippen LogP contribution in [0.3, 0.4) is 0 Å². The minimum Gasteiger partial charge on any atom is -0.497 e. The number of benzene rings is 1. The first-order valence-corrected chi connectivity index (χ1v) is 15.8. The number of ether oxygens (including phenoxy) is 3. The fraction of sp³-hybridized carbons (Fsp3) is 0.710. The number of rotatable bonds is 13. The van der Waals surface area contributed by atoms with Crippen LogP contribution in [-0.2, 0) is 24.9 Å². The van der Waals surface area contributed by atoms with Crippen molar-refractivity contribution in [3.63, 3.8) is 0 Å². The number of fused-ring (bicyclic) bond motifs is 1. The molecule has 2 fully saturated rings. The second-order valence-electron chi connectivity index (χ2n) is 12.0. The van der Waals surface area contributed by atoms with Crippen LogP contribution in [0, 0.1) is 5.41 Å². The van der Waals surface area contributed by atoms with E-state index < -0.39 is 5.41 Å². The number of aromatic nitrogens is 1. The van der Waals surface area contributed by atoms with E-state index in [4.69, 9.17) is 18.4 Å². The lowest BCUT2D eigenvalue weighted by molar-refractivity contribution is -0.155. The molecular formula is C31H53N5O5S. The van der Waals surface area contributed by atoms with Crippen LogP contribution in [0.15, 0.2) is 24.4 Å². The van der Waals surface area contributed by atoms with Crippen molar-refractivity contribution in [1.29, 1.82) is 0 Å². The Morgan fingerprint density at radius 2 is 1.79 bits per heavy atom. The monoisotopic (exact) mass is 607 g/mol. The molecule has 4 rings (SSSR count). The lowest BCUT2D eigenvalue weighted by Crippen LogP contribution is -2.45. The molecule has 0 bridgehead atoms. The zero-order valence-electron chi connectivity index (χ0n) is 26.9. The van der Waals surface area contributed by atoms with Gasteiger partial charge in [0.1, 0.15) is 24.6 Å². The fourth-order valence-electron chi connectivity index (χ4n) is 4.72. The first kappa shape index (κ1) is 34.6. The molecule has 0 saturated carbocycles. The van der Waals surface area contributed by atoms with Crippen LogP contribution < -0.4 is 4.74 Å². The summed E-state index contributed by atoms with van der Waals surface area (Å²) in [4.78, 5) is 21.9. The average molecular weight is 608 g/mol. The third kappa shape index (κ3) is 11.0. The molecule has 3 heterocycles. The highest BCUT2D eigenvalue weighted by molar-refractivity contribution is 7.93. The number of hydrogen-bond acceptors (Lipinski definition) is 10. The highest BCUT2D eigenvalue weighted by atomic mass is 32.2. The number of nitrogens with zero attached hydrogens (tertiary/aromatic N) is 5. The topological polar surface area (TPSA) is 71.9 Å². The third-order valence-electron chi connectivity index (χ3n) is 7.78. The summed E-state index contributed by atoms with van der Waals surface area (Å²) in [5.41, 5.74) is 1.56. The first-order valence-electron chi connectivity index (χ1n) is 15.1. The van der Waals surface area contributed by atoms with Crippen molar-refractivity contribution in [2.75, 3.05) is 114 Å². The van der Waals surface area contributed by atoms with E-state index in [0.29, 0.717) is 6.61 Å². The van der Waals surface area contributed by atoms with E-state index in [0.717, 1.165) is 83.3 Å². The van der Waals surface area contributed by atoms with Crippen molar-refractivity contribution in [1.82, 2.24) is 23.6 Å².